The molecule has 0 aromatic rings. The van der Waals surface area contributed by atoms with Crippen LogP contribution in [-0.2, 0) is 0 Å². The third kappa shape index (κ3) is 3.32. The Labute approximate surface area is 156 Å². The highest BCUT2D eigenvalue weighted by molar-refractivity contribution is 5.05. The summed E-state index contributed by atoms with van der Waals surface area (Å²) in [5.41, 5.74) is 0.675. The standard InChI is InChI=1S/C24H42O/c1-3-4-5-6-7-18-9-13-23-22-11-8-17-16-19(25)10-12-20(17)21(22)14-15-24(18,23)2/h17-23,25H,3-16H2,1-2H3. The predicted molar refractivity (Wildman–Crippen MR) is 105 cm³/mol. The third-order valence-corrected chi connectivity index (χ3v) is 9.53. The average Bonchev–Trinajstić information content (AvgIpc) is 2.95. The molecule has 8 unspecified atom stereocenters. The summed E-state index contributed by atoms with van der Waals surface area (Å²) in [5.74, 6) is 5.95. The van der Waals surface area contributed by atoms with Gasteiger partial charge in [-0.1, -0.05) is 39.5 Å². The number of aliphatic hydroxyl groups is 1. The van der Waals surface area contributed by atoms with Gasteiger partial charge in [-0.15, -0.1) is 0 Å². The Morgan fingerprint density at radius 1 is 0.840 bits per heavy atom. The van der Waals surface area contributed by atoms with E-state index in [0.29, 0.717) is 5.41 Å². The molecule has 144 valence electrons. The molecule has 0 radical (unpaired) electrons. The minimum absolute atomic E-state index is 0.0191. The zero-order valence-corrected chi connectivity index (χ0v) is 16.9. The van der Waals surface area contributed by atoms with Crippen LogP contribution in [0.1, 0.15) is 104 Å². The Bertz CT molecular complexity index is 445. The zero-order chi connectivity index (χ0) is 17.4. The van der Waals surface area contributed by atoms with Crippen molar-refractivity contribution in [2.75, 3.05) is 0 Å². The highest BCUT2D eigenvalue weighted by Crippen LogP contribution is 2.64. The molecule has 0 aromatic carbocycles. The van der Waals surface area contributed by atoms with Gasteiger partial charge < -0.3 is 5.11 Å². The molecule has 4 aliphatic carbocycles. The second-order valence-electron chi connectivity index (χ2n) is 10.6. The third-order valence-electron chi connectivity index (χ3n) is 9.53. The first-order valence-corrected chi connectivity index (χ1v) is 11.8. The molecule has 4 saturated carbocycles. The predicted octanol–water partition coefficient (Wildman–Crippen LogP) is 6.59. The van der Waals surface area contributed by atoms with Crippen molar-refractivity contribution in [1.29, 1.82) is 0 Å². The number of aliphatic hydroxyl groups excluding tert-OH is 1. The fourth-order valence-electron chi connectivity index (χ4n) is 8.23. The van der Waals surface area contributed by atoms with Crippen LogP contribution < -0.4 is 0 Å². The molecule has 0 bridgehead atoms. The minimum atomic E-state index is 0.0191. The van der Waals surface area contributed by atoms with Gasteiger partial charge in [-0.3, -0.25) is 0 Å². The molecule has 25 heavy (non-hydrogen) atoms. The first-order valence-electron chi connectivity index (χ1n) is 11.8. The Morgan fingerprint density at radius 2 is 1.68 bits per heavy atom. The van der Waals surface area contributed by atoms with Crippen LogP contribution in [0.2, 0.25) is 0 Å². The minimum Gasteiger partial charge on any atom is -0.393 e. The number of hydrogen-bond acceptors (Lipinski definition) is 1. The van der Waals surface area contributed by atoms with Gasteiger partial charge in [-0.25, -0.2) is 0 Å². The number of unbranched alkanes of at least 4 members (excludes halogenated alkanes) is 3. The molecular formula is C24H42O. The average molecular weight is 347 g/mol. The van der Waals surface area contributed by atoms with E-state index in [1.807, 2.05) is 0 Å². The van der Waals surface area contributed by atoms with Crippen molar-refractivity contribution in [3.8, 4) is 0 Å². The topological polar surface area (TPSA) is 20.2 Å². The lowest BCUT2D eigenvalue weighted by molar-refractivity contribution is -0.0778. The van der Waals surface area contributed by atoms with Crippen LogP contribution in [0.25, 0.3) is 0 Å². The van der Waals surface area contributed by atoms with E-state index in [0.717, 1.165) is 48.3 Å². The number of hydrogen-bond donors (Lipinski definition) is 1. The molecule has 0 saturated heterocycles. The summed E-state index contributed by atoms with van der Waals surface area (Å²) in [6, 6.07) is 0. The van der Waals surface area contributed by atoms with Gasteiger partial charge in [0.2, 0.25) is 0 Å². The summed E-state index contributed by atoms with van der Waals surface area (Å²) in [7, 11) is 0. The smallest absolute Gasteiger partial charge is 0.0543 e. The van der Waals surface area contributed by atoms with Crippen molar-refractivity contribution in [3.63, 3.8) is 0 Å². The van der Waals surface area contributed by atoms with Crippen molar-refractivity contribution in [3.05, 3.63) is 0 Å². The van der Waals surface area contributed by atoms with E-state index >= 15 is 0 Å². The van der Waals surface area contributed by atoms with Crippen LogP contribution in [0.4, 0.5) is 0 Å². The second-order valence-corrected chi connectivity index (χ2v) is 10.6. The van der Waals surface area contributed by atoms with Crippen molar-refractivity contribution in [2.24, 2.45) is 40.9 Å². The van der Waals surface area contributed by atoms with Gasteiger partial charge in [-0.2, -0.15) is 0 Å². The molecule has 4 aliphatic rings. The summed E-state index contributed by atoms with van der Waals surface area (Å²) >= 11 is 0. The largest absolute Gasteiger partial charge is 0.393 e. The molecule has 0 heterocycles. The lowest BCUT2D eigenvalue weighted by Gasteiger charge is -2.56. The van der Waals surface area contributed by atoms with Gasteiger partial charge in [0, 0.05) is 0 Å². The van der Waals surface area contributed by atoms with E-state index in [1.165, 1.54) is 77.0 Å². The first-order chi connectivity index (χ1) is 12.1. The summed E-state index contributed by atoms with van der Waals surface area (Å²) in [6.07, 6.45) is 19.8. The maximum Gasteiger partial charge on any atom is 0.0543 e. The SMILES string of the molecule is CCCCCCC1CCC2C3CCC4CC(O)CCC4C3CCC12C. The number of rotatable bonds is 5. The molecule has 4 rings (SSSR count). The fraction of sp³-hybridized carbons (Fsp3) is 1.00. The lowest BCUT2D eigenvalue weighted by atomic mass is 9.49. The fourth-order valence-corrected chi connectivity index (χ4v) is 8.23. The molecule has 1 N–H and O–H groups in total. The molecule has 4 fully saturated rings. The molecule has 0 spiro atoms. The zero-order valence-electron chi connectivity index (χ0n) is 16.9. The highest BCUT2D eigenvalue weighted by Gasteiger charge is 2.56. The monoisotopic (exact) mass is 346 g/mol. The van der Waals surface area contributed by atoms with Crippen LogP contribution in [0.3, 0.4) is 0 Å². The van der Waals surface area contributed by atoms with Crippen molar-refractivity contribution in [1.82, 2.24) is 0 Å². The summed E-state index contributed by atoms with van der Waals surface area (Å²) < 4.78 is 0. The van der Waals surface area contributed by atoms with Gasteiger partial charge in [-0.05, 0) is 105 Å². The van der Waals surface area contributed by atoms with Gasteiger partial charge >= 0.3 is 0 Å². The van der Waals surface area contributed by atoms with Crippen molar-refractivity contribution >= 4 is 0 Å². The van der Waals surface area contributed by atoms with Gasteiger partial charge in [0.1, 0.15) is 0 Å². The molecule has 8 atom stereocenters. The Hall–Kier alpha value is -0.0400. The summed E-state index contributed by atoms with van der Waals surface area (Å²) in [4.78, 5) is 0. The lowest BCUT2D eigenvalue weighted by Crippen LogP contribution is -2.49. The van der Waals surface area contributed by atoms with Gasteiger partial charge in [0.25, 0.3) is 0 Å². The Kier molecular flexibility index (Phi) is 5.52. The quantitative estimate of drug-likeness (QED) is 0.557. The first kappa shape index (κ1) is 18.3. The summed E-state index contributed by atoms with van der Waals surface area (Å²) in [5, 5.41) is 10.1. The normalized spacial score (nSPS) is 49.3. The summed E-state index contributed by atoms with van der Waals surface area (Å²) in [6.45, 7) is 5.02. The maximum atomic E-state index is 10.1. The molecule has 0 aliphatic heterocycles. The van der Waals surface area contributed by atoms with E-state index in [2.05, 4.69) is 13.8 Å². The van der Waals surface area contributed by atoms with E-state index in [4.69, 9.17) is 0 Å². The maximum absolute atomic E-state index is 10.1. The molecule has 1 nitrogen and oxygen atoms in total. The molecule has 0 amide bonds. The number of fused-ring (bicyclic) bond motifs is 5. The molecule has 0 aromatic heterocycles. The van der Waals surface area contributed by atoms with Gasteiger partial charge in [0.15, 0.2) is 0 Å². The van der Waals surface area contributed by atoms with Crippen LogP contribution in [-0.4, -0.2) is 11.2 Å². The second kappa shape index (κ2) is 7.53. The van der Waals surface area contributed by atoms with E-state index in [9.17, 15) is 5.11 Å². The van der Waals surface area contributed by atoms with Crippen LogP contribution in [0.5, 0.6) is 0 Å². The van der Waals surface area contributed by atoms with E-state index in [1.54, 1.807) is 0 Å². The molecular weight excluding hydrogens is 304 g/mol. The van der Waals surface area contributed by atoms with E-state index in [-0.39, 0.29) is 6.10 Å². The Morgan fingerprint density at radius 3 is 2.52 bits per heavy atom. The molecule has 1 heteroatoms. The van der Waals surface area contributed by atoms with Gasteiger partial charge in [0.05, 0.1) is 6.10 Å². The van der Waals surface area contributed by atoms with Crippen LogP contribution >= 0.6 is 0 Å². The van der Waals surface area contributed by atoms with Crippen LogP contribution in [0, 0.1) is 40.9 Å². The highest BCUT2D eigenvalue weighted by atomic mass is 16.3. The van der Waals surface area contributed by atoms with Crippen molar-refractivity contribution in [2.45, 2.75) is 110 Å². The van der Waals surface area contributed by atoms with Crippen molar-refractivity contribution < 1.29 is 5.11 Å². The van der Waals surface area contributed by atoms with E-state index < -0.39 is 0 Å². The van der Waals surface area contributed by atoms with Crippen LogP contribution in [0.15, 0.2) is 0 Å². The Balaban J connectivity index is 1.41.